The van der Waals surface area contributed by atoms with Gasteiger partial charge in [0.25, 0.3) is 5.69 Å². The second kappa shape index (κ2) is 7.88. The molecule has 3 aromatic rings. The molecule has 0 atom stereocenters. The van der Waals surface area contributed by atoms with Crippen LogP contribution in [0.1, 0.15) is 16.1 Å². The molecule has 0 fully saturated rings. The Morgan fingerprint density at radius 3 is 2.48 bits per heavy atom. The van der Waals surface area contributed by atoms with E-state index in [1.54, 1.807) is 43.3 Å². The van der Waals surface area contributed by atoms with Crippen LogP contribution in [-0.2, 0) is 0 Å². The highest BCUT2D eigenvalue weighted by Gasteiger charge is 2.21. The average Bonchev–Trinajstić information content (AvgIpc) is 2.65. The first kappa shape index (κ1) is 18.4. The fourth-order valence-electron chi connectivity index (χ4n) is 2.28. The van der Waals surface area contributed by atoms with Gasteiger partial charge >= 0.3 is 11.6 Å². The van der Waals surface area contributed by atoms with E-state index >= 15 is 0 Å². The number of aryl methyl sites for hydroxylation is 1. The first-order chi connectivity index (χ1) is 13.0. The lowest BCUT2D eigenvalue weighted by Crippen LogP contribution is -2.13. The van der Waals surface area contributed by atoms with Crippen LogP contribution in [0.5, 0.6) is 5.75 Å². The molecular weight excluding hydrogens is 370 g/mol. The van der Waals surface area contributed by atoms with Gasteiger partial charge in [-0.1, -0.05) is 42.1 Å². The highest BCUT2D eigenvalue weighted by molar-refractivity contribution is 7.99. The third kappa shape index (κ3) is 4.24. The molecular formula is C19H13NO6S. The summed E-state index contributed by atoms with van der Waals surface area (Å²) >= 11 is 0.817. The summed E-state index contributed by atoms with van der Waals surface area (Å²) in [5, 5.41) is 11.2. The summed E-state index contributed by atoms with van der Waals surface area (Å²) in [5.74, 6) is -0.409. The summed E-state index contributed by atoms with van der Waals surface area (Å²) in [6.07, 6.45) is 0. The molecule has 0 aliphatic rings. The number of nitrogens with zero attached hydrogens (tertiary/aromatic N) is 1. The van der Waals surface area contributed by atoms with Crippen molar-refractivity contribution in [1.29, 1.82) is 0 Å². The summed E-state index contributed by atoms with van der Waals surface area (Å²) in [6.45, 7) is 1.54. The third-order valence-electron chi connectivity index (χ3n) is 3.48. The average molecular weight is 383 g/mol. The summed E-state index contributed by atoms with van der Waals surface area (Å²) in [7, 11) is 0. The highest BCUT2D eigenvalue weighted by atomic mass is 32.2. The summed E-state index contributed by atoms with van der Waals surface area (Å²) in [6, 6.07) is 15.7. The van der Waals surface area contributed by atoms with Crippen molar-refractivity contribution in [2.75, 3.05) is 0 Å². The van der Waals surface area contributed by atoms with Crippen LogP contribution >= 0.6 is 11.8 Å². The SMILES string of the molecule is Cc1cc(OC(=O)c2ccccc2)c(Sc2ccccc2[N+](=O)[O-])c(=O)o1. The fraction of sp³-hybridized carbons (Fsp3) is 0.0526. The number of esters is 1. The van der Waals surface area contributed by atoms with Crippen molar-refractivity contribution >= 4 is 23.4 Å². The standard InChI is InChI=1S/C19H13NO6S/c1-12-11-15(26-18(21)13-7-3-2-4-8-13)17(19(22)25-12)27-16-10-6-5-9-14(16)20(23)24/h2-11H,1H3. The van der Waals surface area contributed by atoms with E-state index in [9.17, 15) is 19.7 Å². The number of ether oxygens (including phenoxy) is 1. The van der Waals surface area contributed by atoms with Gasteiger partial charge in [0.15, 0.2) is 5.75 Å². The van der Waals surface area contributed by atoms with Crippen LogP contribution in [0.25, 0.3) is 0 Å². The maximum atomic E-state index is 12.3. The van der Waals surface area contributed by atoms with Crippen molar-refractivity contribution in [1.82, 2.24) is 0 Å². The van der Waals surface area contributed by atoms with Gasteiger partial charge in [-0.3, -0.25) is 10.1 Å². The van der Waals surface area contributed by atoms with E-state index in [0.717, 1.165) is 11.8 Å². The second-order valence-electron chi connectivity index (χ2n) is 5.42. The number of carbonyl (C=O) groups excluding carboxylic acids is 1. The number of benzene rings is 2. The molecule has 0 saturated heterocycles. The van der Waals surface area contributed by atoms with Gasteiger partial charge in [0.05, 0.1) is 15.4 Å². The summed E-state index contributed by atoms with van der Waals surface area (Å²) in [4.78, 5) is 35.5. The van der Waals surface area contributed by atoms with Crippen LogP contribution in [0.15, 0.2) is 79.7 Å². The van der Waals surface area contributed by atoms with Crippen molar-refractivity contribution in [2.45, 2.75) is 16.7 Å². The van der Waals surface area contributed by atoms with Crippen LogP contribution in [0.3, 0.4) is 0 Å². The monoisotopic (exact) mass is 383 g/mol. The van der Waals surface area contributed by atoms with E-state index in [-0.39, 0.29) is 27.0 Å². The van der Waals surface area contributed by atoms with E-state index < -0.39 is 16.5 Å². The number of rotatable bonds is 5. The molecule has 8 heteroatoms. The molecule has 136 valence electrons. The number of para-hydroxylation sites is 1. The van der Waals surface area contributed by atoms with Crippen LogP contribution < -0.4 is 10.4 Å². The molecule has 0 unspecified atom stereocenters. The maximum Gasteiger partial charge on any atom is 0.353 e. The predicted octanol–water partition coefficient (Wildman–Crippen LogP) is 4.23. The van der Waals surface area contributed by atoms with Crippen molar-refractivity contribution < 1.29 is 18.9 Å². The number of hydrogen-bond acceptors (Lipinski definition) is 7. The highest BCUT2D eigenvalue weighted by Crippen LogP contribution is 2.37. The fourth-order valence-corrected chi connectivity index (χ4v) is 3.22. The molecule has 0 saturated carbocycles. The van der Waals surface area contributed by atoms with Gasteiger partial charge in [-0.25, -0.2) is 9.59 Å². The third-order valence-corrected chi connectivity index (χ3v) is 4.62. The molecule has 0 aliphatic carbocycles. The first-order valence-corrected chi connectivity index (χ1v) is 8.60. The predicted molar refractivity (Wildman–Crippen MR) is 98.3 cm³/mol. The van der Waals surface area contributed by atoms with Crippen molar-refractivity contribution in [3.05, 3.63) is 92.5 Å². The van der Waals surface area contributed by atoms with E-state index in [1.807, 2.05) is 0 Å². The molecule has 0 amide bonds. The van der Waals surface area contributed by atoms with Crippen molar-refractivity contribution in [3.63, 3.8) is 0 Å². The second-order valence-corrected chi connectivity index (χ2v) is 6.47. The molecule has 3 rings (SSSR count). The van der Waals surface area contributed by atoms with Crippen molar-refractivity contribution in [3.8, 4) is 5.75 Å². The molecule has 0 spiro atoms. The Morgan fingerprint density at radius 1 is 1.11 bits per heavy atom. The van der Waals surface area contributed by atoms with Gasteiger partial charge in [0.1, 0.15) is 10.7 Å². The molecule has 27 heavy (non-hydrogen) atoms. The van der Waals surface area contributed by atoms with E-state index in [0.29, 0.717) is 5.56 Å². The molecule has 1 aromatic heterocycles. The van der Waals surface area contributed by atoms with Crippen LogP contribution in [0, 0.1) is 17.0 Å². The lowest BCUT2D eigenvalue weighted by molar-refractivity contribution is -0.387. The normalized spacial score (nSPS) is 10.4. The van der Waals surface area contributed by atoms with Gasteiger partial charge in [-0.2, -0.15) is 0 Å². The van der Waals surface area contributed by atoms with E-state index in [2.05, 4.69) is 0 Å². The van der Waals surface area contributed by atoms with Gasteiger partial charge in [0.2, 0.25) is 0 Å². The Hall–Kier alpha value is -3.39. The molecule has 0 radical (unpaired) electrons. The Balaban J connectivity index is 2.00. The van der Waals surface area contributed by atoms with Crippen LogP contribution in [-0.4, -0.2) is 10.9 Å². The largest absolute Gasteiger partial charge is 0.427 e. The molecule has 0 aliphatic heterocycles. The number of nitro benzene ring substituents is 1. The zero-order valence-corrected chi connectivity index (χ0v) is 14.9. The Bertz CT molecular complexity index is 1060. The van der Waals surface area contributed by atoms with E-state index in [1.165, 1.54) is 24.3 Å². The zero-order chi connectivity index (χ0) is 19.4. The number of hydrogen-bond donors (Lipinski definition) is 0. The quantitative estimate of drug-likeness (QED) is 0.369. The Kier molecular flexibility index (Phi) is 5.37. The van der Waals surface area contributed by atoms with Crippen molar-refractivity contribution in [2.24, 2.45) is 0 Å². The minimum atomic E-state index is -0.742. The van der Waals surface area contributed by atoms with Gasteiger partial charge in [0, 0.05) is 12.1 Å². The lowest BCUT2D eigenvalue weighted by Gasteiger charge is -2.09. The minimum absolute atomic E-state index is 0.0132. The van der Waals surface area contributed by atoms with E-state index in [4.69, 9.17) is 9.15 Å². The number of nitro groups is 1. The van der Waals surface area contributed by atoms with Gasteiger partial charge in [-0.05, 0) is 25.1 Å². The molecule has 2 aromatic carbocycles. The first-order valence-electron chi connectivity index (χ1n) is 7.79. The minimum Gasteiger partial charge on any atom is -0.427 e. The smallest absolute Gasteiger partial charge is 0.353 e. The molecule has 1 heterocycles. The maximum absolute atomic E-state index is 12.3. The Labute approximate surface area is 157 Å². The van der Waals surface area contributed by atoms with Gasteiger partial charge < -0.3 is 9.15 Å². The molecule has 7 nitrogen and oxygen atoms in total. The van der Waals surface area contributed by atoms with Crippen LogP contribution in [0.4, 0.5) is 5.69 Å². The molecule has 0 N–H and O–H groups in total. The lowest BCUT2D eigenvalue weighted by atomic mass is 10.2. The van der Waals surface area contributed by atoms with Crippen LogP contribution in [0.2, 0.25) is 0 Å². The summed E-state index contributed by atoms with van der Waals surface area (Å²) in [5.41, 5.74) is -0.596. The Morgan fingerprint density at radius 2 is 1.78 bits per heavy atom. The number of carbonyl (C=O) groups is 1. The molecule has 0 bridgehead atoms. The van der Waals surface area contributed by atoms with Gasteiger partial charge in [-0.15, -0.1) is 0 Å². The summed E-state index contributed by atoms with van der Waals surface area (Å²) < 4.78 is 10.4. The zero-order valence-electron chi connectivity index (χ0n) is 14.1. The topological polar surface area (TPSA) is 99.6 Å².